The molecule has 2 aromatic rings. The van der Waals surface area contributed by atoms with Crippen molar-refractivity contribution in [3.63, 3.8) is 0 Å². The first kappa shape index (κ1) is 9.91. The number of para-hydroxylation sites is 1. The SMILES string of the molecule is Clc1cc(N2CCCC2)c2ccccc2n1. The first-order valence-electron chi connectivity index (χ1n) is 5.65. The molecule has 0 bridgehead atoms. The van der Waals surface area contributed by atoms with E-state index in [9.17, 15) is 0 Å². The molecule has 1 aromatic heterocycles. The molecule has 2 heterocycles. The second kappa shape index (κ2) is 3.95. The van der Waals surface area contributed by atoms with Crippen molar-refractivity contribution in [2.24, 2.45) is 0 Å². The molecule has 1 saturated heterocycles. The predicted octanol–water partition coefficient (Wildman–Crippen LogP) is 3.49. The van der Waals surface area contributed by atoms with E-state index < -0.39 is 0 Å². The molecule has 0 atom stereocenters. The zero-order valence-electron chi connectivity index (χ0n) is 8.99. The van der Waals surface area contributed by atoms with Crippen LogP contribution in [0.3, 0.4) is 0 Å². The Hall–Kier alpha value is -1.28. The lowest BCUT2D eigenvalue weighted by Gasteiger charge is -2.19. The van der Waals surface area contributed by atoms with E-state index in [4.69, 9.17) is 11.6 Å². The van der Waals surface area contributed by atoms with Crippen LogP contribution in [0.2, 0.25) is 5.15 Å². The minimum atomic E-state index is 0.584. The van der Waals surface area contributed by atoms with Gasteiger partial charge in [0, 0.05) is 24.2 Å². The number of hydrogen-bond donors (Lipinski definition) is 0. The maximum atomic E-state index is 6.06. The van der Waals surface area contributed by atoms with Gasteiger partial charge >= 0.3 is 0 Å². The molecule has 1 aliphatic heterocycles. The average Bonchev–Trinajstić information content (AvgIpc) is 2.81. The maximum absolute atomic E-state index is 6.06. The van der Waals surface area contributed by atoms with Crippen LogP contribution in [0.5, 0.6) is 0 Å². The molecule has 0 radical (unpaired) electrons. The number of halogens is 1. The number of hydrogen-bond acceptors (Lipinski definition) is 2. The minimum absolute atomic E-state index is 0.584. The second-order valence-corrected chi connectivity index (χ2v) is 4.56. The third kappa shape index (κ3) is 1.63. The summed E-state index contributed by atoms with van der Waals surface area (Å²) in [6.07, 6.45) is 2.54. The molecule has 16 heavy (non-hydrogen) atoms. The molecule has 82 valence electrons. The van der Waals surface area contributed by atoms with E-state index in [2.05, 4.69) is 22.0 Å². The van der Waals surface area contributed by atoms with Crippen LogP contribution in [-0.4, -0.2) is 18.1 Å². The van der Waals surface area contributed by atoms with Crippen LogP contribution < -0.4 is 4.90 Å². The maximum Gasteiger partial charge on any atom is 0.131 e. The fourth-order valence-corrected chi connectivity index (χ4v) is 2.54. The summed E-state index contributed by atoms with van der Waals surface area (Å²) in [5.74, 6) is 0. The van der Waals surface area contributed by atoms with Gasteiger partial charge in [0.1, 0.15) is 5.15 Å². The van der Waals surface area contributed by atoms with Gasteiger partial charge < -0.3 is 4.90 Å². The molecule has 0 aliphatic carbocycles. The molecular formula is C13H13ClN2. The summed E-state index contributed by atoms with van der Waals surface area (Å²) in [5.41, 5.74) is 2.21. The Balaban J connectivity index is 2.21. The fourth-order valence-electron chi connectivity index (χ4n) is 2.35. The normalized spacial score (nSPS) is 15.9. The molecule has 0 amide bonds. The highest BCUT2D eigenvalue weighted by molar-refractivity contribution is 6.30. The topological polar surface area (TPSA) is 16.1 Å². The van der Waals surface area contributed by atoms with E-state index >= 15 is 0 Å². The number of benzene rings is 1. The molecule has 0 spiro atoms. The highest BCUT2D eigenvalue weighted by Crippen LogP contribution is 2.30. The Morgan fingerprint density at radius 3 is 2.69 bits per heavy atom. The Labute approximate surface area is 99.8 Å². The Kier molecular flexibility index (Phi) is 2.44. The molecule has 0 saturated carbocycles. The van der Waals surface area contributed by atoms with Gasteiger partial charge in [0.15, 0.2) is 0 Å². The van der Waals surface area contributed by atoms with Gasteiger partial charge in [-0.15, -0.1) is 0 Å². The summed E-state index contributed by atoms with van der Waals surface area (Å²) in [4.78, 5) is 6.75. The van der Waals surface area contributed by atoms with Gasteiger partial charge in [-0.25, -0.2) is 4.98 Å². The van der Waals surface area contributed by atoms with Gasteiger partial charge in [0.2, 0.25) is 0 Å². The van der Waals surface area contributed by atoms with Crippen molar-refractivity contribution in [3.8, 4) is 0 Å². The summed E-state index contributed by atoms with van der Waals surface area (Å²) >= 11 is 6.06. The molecule has 0 unspecified atom stereocenters. The van der Waals surface area contributed by atoms with Crippen molar-refractivity contribution in [2.75, 3.05) is 18.0 Å². The van der Waals surface area contributed by atoms with Gasteiger partial charge in [-0.2, -0.15) is 0 Å². The van der Waals surface area contributed by atoms with E-state index in [0.717, 1.165) is 18.6 Å². The molecule has 3 rings (SSSR count). The van der Waals surface area contributed by atoms with Crippen molar-refractivity contribution >= 4 is 28.2 Å². The highest BCUT2D eigenvalue weighted by atomic mass is 35.5. The van der Waals surface area contributed by atoms with Crippen molar-refractivity contribution in [1.82, 2.24) is 4.98 Å². The van der Waals surface area contributed by atoms with Crippen molar-refractivity contribution in [2.45, 2.75) is 12.8 Å². The Bertz CT molecular complexity index is 518. The lowest BCUT2D eigenvalue weighted by Crippen LogP contribution is -2.18. The average molecular weight is 233 g/mol. The van der Waals surface area contributed by atoms with Crippen LogP contribution in [0.4, 0.5) is 5.69 Å². The van der Waals surface area contributed by atoms with Crippen LogP contribution in [0.1, 0.15) is 12.8 Å². The Morgan fingerprint density at radius 2 is 1.88 bits per heavy atom. The molecular weight excluding hydrogens is 220 g/mol. The monoisotopic (exact) mass is 232 g/mol. The molecule has 1 aromatic carbocycles. The van der Waals surface area contributed by atoms with Crippen LogP contribution in [-0.2, 0) is 0 Å². The van der Waals surface area contributed by atoms with E-state index in [0.29, 0.717) is 5.15 Å². The lowest BCUT2D eigenvalue weighted by molar-refractivity contribution is 0.949. The van der Waals surface area contributed by atoms with E-state index in [-0.39, 0.29) is 0 Å². The number of anilines is 1. The van der Waals surface area contributed by atoms with Crippen LogP contribution in [0.25, 0.3) is 10.9 Å². The van der Waals surface area contributed by atoms with Crippen molar-refractivity contribution in [1.29, 1.82) is 0 Å². The summed E-state index contributed by atoms with van der Waals surface area (Å²) in [6, 6.07) is 10.2. The van der Waals surface area contributed by atoms with Crippen LogP contribution in [0.15, 0.2) is 30.3 Å². The number of pyridine rings is 1. The number of fused-ring (bicyclic) bond motifs is 1. The molecule has 0 N–H and O–H groups in total. The fraction of sp³-hybridized carbons (Fsp3) is 0.308. The van der Waals surface area contributed by atoms with Gasteiger partial charge in [0.25, 0.3) is 0 Å². The Morgan fingerprint density at radius 1 is 1.12 bits per heavy atom. The van der Waals surface area contributed by atoms with E-state index in [1.807, 2.05) is 18.2 Å². The summed E-state index contributed by atoms with van der Waals surface area (Å²) in [7, 11) is 0. The zero-order chi connectivity index (χ0) is 11.0. The number of aromatic nitrogens is 1. The second-order valence-electron chi connectivity index (χ2n) is 4.18. The predicted molar refractivity (Wildman–Crippen MR) is 68.2 cm³/mol. The van der Waals surface area contributed by atoms with Crippen molar-refractivity contribution in [3.05, 3.63) is 35.5 Å². The minimum Gasteiger partial charge on any atom is -0.371 e. The third-order valence-electron chi connectivity index (χ3n) is 3.11. The summed E-state index contributed by atoms with van der Waals surface area (Å²) < 4.78 is 0. The lowest BCUT2D eigenvalue weighted by atomic mass is 10.2. The van der Waals surface area contributed by atoms with Gasteiger partial charge in [-0.3, -0.25) is 0 Å². The number of nitrogens with zero attached hydrogens (tertiary/aromatic N) is 2. The summed E-state index contributed by atoms with van der Waals surface area (Å²) in [5, 5.41) is 1.79. The third-order valence-corrected chi connectivity index (χ3v) is 3.30. The molecule has 1 fully saturated rings. The van der Waals surface area contributed by atoms with Gasteiger partial charge in [-0.1, -0.05) is 29.8 Å². The largest absolute Gasteiger partial charge is 0.371 e. The first-order valence-corrected chi connectivity index (χ1v) is 6.02. The first-order chi connectivity index (χ1) is 7.84. The quantitative estimate of drug-likeness (QED) is 0.700. The molecule has 1 aliphatic rings. The molecule has 2 nitrogen and oxygen atoms in total. The van der Waals surface area contributed by atoms with E-state index in [1.165, 1.54) is 23.9 Å². The van der Waals surface area contributed by atoms with Crippen molar-refractivity contribution < 1.29 is 0 Å². The van der Waals surface area contributed by atoms with Gasteiger partial charge in [-0.05, 0) is 25.0 Å². The molecule has 3 heteroatoms. The standard InChI is InChI=1S/C13H13ClN2/c14-13-9-12(16-7-3-4-8-16)10-5-1-2-6-11(10)15-13/h1-2,5-6,9H,3-4,7-8H2. The van der Waals surface area contributed by atoms with Crippen LogP contribution in [0, 0.1) is 0 Å². The smallest absolute Gasteiger partial charge is 0.131 e. The summed E-state index contributed by atoms with van der Waals surface area (Å²) in [6.45, 7) is 2.26. The van der Waals surface area contributed by atoms with Crippen LogP contribution >= 0.6 is 11.6 Å². The highest BCUT2D eigenvalue weighted by Gasteiger charge is 2.15. The zero-order valence-corrected chi connectivity index (χ0v) is 9.74. The van der Waals surface area contributed by atoms with E-state index in [1.54, 1.807) is 0 Å². The van der Waals surface area contributed by atoms with Gasteiger partial charge in [0.05, 0.1) is 5.52 Å². The number of rotatable bonds is 1.